The Morgan fingerprint density at radius 1 is 1.41 bits per heavy atom. The van der Waals surface area contributed by atoms with E-state index in [0.717, 1.165) is 38.4 Å². The molecule has 0 spiro atoms. The second kappa shape index (κ2) is 5.25. The number of amides is 1. The molecule has 2 fully saturated rings. The Balaban J connectivity index is 1.72. The molecule has 0 atom stereocenters. The Labute approximate surface area is 103 Å². The number of carbonyl (C=O) groups excluding carboxylic acids is 1. The van der Waals surface area contributed by atoms with Gasteiger partial charge in [0.05, 0.1) is 6.61 Å². The minimum atomic E-state index is -0.147. The summed E-state index contributed by atoms with van der Waals surface area (Å²) in [5, 5.41) is 0. The lowest BCUT2D eigenvalue weighted by atomic mass is 9.85. The van der Waals surface area contributed by atoms with Gasteiger partial charge in [0, 0.05) is 13.1 Å². The van der Waals surface area contributed by atoms with Crippen LogP contribution in [-0.2, 0) is 4.74 Å². The van der Waals surface area contributed by atoms with Crippen LogP contribution in [-0.4, -0.2) is 37.2 Å². The smallest absolute Gasteiger partial charge is 0.409 e. The third-order valence-corrected chi connectivity index (χ3v) is 4.25. The maximum absolute atomic E-state index is 11.5. The van der Waals surface area contributed by atoms with Crippen LogP contribution in [0.15, 0.2) is 0 Å². The highest BCUT2D eigenvalue weighted by Crippen LogP contribution is 2.50. The van der Waals surface area contributed by atoms with E-state index in [2.05, 4.69) is 0 Å². The number of ether oxygens (including phenoxy) is 1. The molecular weight excluding hydrogens is 216 g/mol. The molecular formula is C13H24N2O2. The average molecular weight is 240 g/mol. The Hall–Kier alpha value is -0.770. The van der Waals surface area contributed by atoms with Crippen molar-refractivity contribution in [3.8, 4) is 0 Å². The molecule has 1 saturated carbocycles. The second-order valence-corrected chi connectivity index (χ2v) is 5.54. The molecule has 17 heavy (non-hydrogen) atoms. The summed E-state index contributed by atoms with van der Waals surface area (Å²) in [5.41, 5.74) is 6.29. The quantitative estimate of drug-likeness (QED) is 0.817. The fourth-order valence-electron chi connectivity index (χ4n) is 2.82. The predicted molar refractivity (Wildman–Crippen MR) is 66.7 cm³/mol. The fraction of sp³-hybridized carbons (Fsp3) is 0.923. The Bertz CT molecular complexity index is 269. The van der Waals surface area contributed by atoms with Gasteiger partial charge in [-0.3, -0.25) is 0 Å². The van der Waals surface area contributed by atoms with Crippen molar-refractivity contribution in [2.24, 2.45) is 17.1 Å². The van der Waals surface area contributed by atoms with Crippen LogP contribution >= 0.6 is 0 Å². The summed E-state index contributed by atoms with van der Waals surface area (Å²) in [5.74, 6) is 0.756. The molecule has 1 aliphatic heterocycles. The van der Waals surface area contributed by atoms with E-state index in [1.165, 1.54) is 19.3 Å². The van der Waals surface area contributed by atoms with E-state index >= 15 is 0 Å². The highest BCUT2D eigenvalue weighted by atomic mass is 16.6. The van der Waals surface area contributed by atoms with Crippen LogP contribution < -0.4 is 5.73 Å². The van der Waals surface area contributed by atoms with Crippen LogP contribution in [0.5, 0.6) is 0 Å². The summed E-state index contributed by atoms with van der Waals surface area (Å²) in [4.78, 5) is 13.4. The minimum absolute atomic E-state index is 0.147. The van der Waals surface area contributed by atoms with Crippen molar-refractivity contribution in [1.29, 1.82) is 0 Å². The van der Waals surface area contributed by atoms with Crippen LogP contribution in [0.1, 0.15) is 39.0 Å². The molecule has 0 unspecified atom stereocenters. The van der Waals surface area contributed by atoms with Crippen molar-refractivity contribution < 1.29 is 9.53 Å². The van der Waals surface area contributed by atoms with E-state index in [4.69, 9.17) is 10.5 Å². The number of likely N-dealkylation sites (tertiary alicyclic amines) is 1. The second-order valence-electron chi connectivity index (χ2n) is 5.54. The molecule has 2 aliphatic rings. The normalized spacial score (nSPS) is 23.5. The molecule has 2 rings (SSSR count). The molecule has 4 nitrogen and oxygen atoms in total. The summed E-state index contributed by atoms with van der Waals surface area (Å²) in [6.45, 7) is 4.86. The molecule has 98 valence electrons. The first kappa shape index (κ1) is 12.7. The maximum atomic E-state index is 11.5. The third kappa shape index (κ3) is 3.12. The van der Waals surface area contributed by atoms with Gasteiger partial charge >= 0.3 is 6.09 Å². The summed E-state index contributed by atoms with van der Waals surface area (Å²) in [6, 6.07) is 0. The lowest BCUT2D eigenvalue weighted by Gasteiger charge is -2.32. The summed E-state index contributed by atoms with van der Waals surface area (Å²) < 4.78 is 5.02. The fourth-order valence-corrected chi connectivity index (χ4v) is 2.82. The van der Waals surface area contributed by atoms with Gasteiger partial charge in [-0.15, -0.1) is 0 Å². The molecule has 0 aromatic rings. The highest BCUT2D eigenvalue weighted by molar-refractivity contribution is 5.67. The Kier molecular flexibility index (Phi) is 3.92. The molecule has 1 amide bonds. The molecule has 0 aromatic heterocycles. The number of rotatable bonds is 4. The molecule has 1 aliphatic carbocycles. The number of nitrogens with two attached hydrogens (primary N) is 1. The van der Waals surface area contributed by atoms with Crippen LogP contribution in [0.4, 0.5) is 4.79 Å². The van der Waals surface area contributed by atoms with E-state index in [-0.39, 0.29) is 6.09 Å². The first-order valence-corrected chi connectivity index (χ1v) is 6.81. The number of hydrogen-bond acceptors (Lipinski definition) is 3. The van der Waals surface area contributed by atoms with E-state index in [9.17, 15) is 4.79 Å². The highest BCUT2D eigenvalue weighted by Gasteiger charge is 2.43. The molecule has 0 radical (unpaired) electrons. The van der Waals surface area contributed by atoms with E-state index in [1.54, 1.807) is 0 Å². The van der Waals surface area contributed by atoms with E-state index in [1.807, 2.05) is 11.8 Å². The summed E-state index contributed by atoms with van der Waals surface area (Å²) in [6.07, 6.45) is 5.95. The van der Waals surface area contributed by atoms with E-state index in [0.29, 0.717) is 12.0 Å². The molecule has 4 heteroatoms. The molecule has 0 aromatic carbocycles. The van der Waals surface area contributed by atoms with Crippen molar-refractivity contribution in [2.75, 3.05) is 26.2 Å². The van der Waals surface area contributed by atoms with E-state index < -0.39 is 0 Å². The molecule has 1 saturated heterocycles. The van der Waals surface area contributed by atoms with Gasteiger partial charge in [-0.2, -0.15) is 0 Å². The number of carbonyl (C=O) groups is 1. The van der Waals surface area contributed by atoms with Gasteiger partial charge in [0.1, 0.15) is 0 Å². The first-order chi connectivity index (χ1) is 8.19. The minimum Gasteiger partial charge on any atom is -0.450 e. The van der Waals surface area contributed by atoms with Gasteiger partial charge in [-0.05, 0) is 56.9 Å². The standard InChI is InChI=1S/C13H24N2O2/c1-2-17-12(16)15-7-3-11(4-8-15)9-13(10-14)5-6-13/h11H,2-10,14H2,1H3. The summed E-state index contributed by atoms with van der Waals surface area (Å²) in [7, 11) is 0. The van der Waals surface area contributed by atoms with Gasteiger partial charge < -0.3 is 15.4 Å². The zero-order valence-electron chi connectivity index (χ0n) is 10.8. The van der Waals surface area contributed by atoms with Crippen molar-refractivity contribution in [3.05, 3.63) is 0 Å². The van der Waals surface area contributed by atoms with Gasteiger partial charge in [0.2, 0.25) is 0 Å². The maximum Gasteiger partial charge on any atom is 0.409 e. The zero-order chi connectivity index (χ0) is 12.3. The van der Waals surface area contributed by atoms with Gasteiger partial charge in [0.25, 0.3) is 0 Å². The first-order valence-electron chi connectivity index (χ1n) is 6.81. The topological polar surface area (TPSA) is 55.6 Å². The van der Waals surface area contributed by atoms with Crippen molar-refractivity contribution in [2.45, 2.75) is 39.0 Å². The van der Waals surface area contributed by atoms with Crippen molar-refractivity contribution in [1.82, 2.24) is 4.90 Å². The number of hydrogen-bond donors (Lipinski definition) is 1. The number of piperidine rings is 1. The van der Waals surface area contributed by atoms with Gasteiger partial charge in [-0.25, -0.2) is 4.79 Å². The predicted octanol–water partition coefficient (Wildman–Crippen LogP) is 1.98. The number of nitrogens with zero attached hydrogens (tertiary/aromatic N) is 1. The molecule has 0 bridgehead atoms. The van der Waals surface area contributed by atoms with Gasteiger partial charge in [-0.1, -0.05) is 0 Å². The van der Waals surface area contributed by atoms with Crippen molar-refractivity contribution >= 4 is 6.09 Å². The zero-order valence-corrected chi connectivity index (χ0v) is 10.8. The van der Waals surface area contributed by atoms with Crippen LogP contribution in [0.25, 0.3) is 0 Å². The Morgan fingerprint density at radius 3 is 2.53 bits per heavy atom. The monoisotopic (exact) mass is 240 g/mol. The van der Waals surface area contributed by atoms with Gasteiger partial charge in [0.15, 0.2) is 0 Å². The lowest BCUT2D eigenvalue weighted by molar-refractivity contribution is 0.0885. The molecule has 2 N–H and O–H groups in total. The Morgan fingerprint density at radius 2 is 2.06 bits per heavy atom. The largest absolute Gasteiger partial charge is 0.450 e. The SMILES string of the molecule is CCOC(=O)N1CCC(CC2(CN)CC2)CC1. The van der Waals surface area contributed by atoms with Crippen LogP contribution in [0, 0.1) is 11.3 Å². The lowest BCUT2D eigenvalue weighted by Crippen LogP contribution is -2.39. The summed E-state index contributed by atoms with van der Waals surface area (Å²) >= 11 is 0. The van der Waals surface area contributed by atoms with Crippen LogP contribution in [0.3, 0.4) is 0 Å². The van der Waals surface area contributed by atoms with Crippen molar-refractivity contribution in [3.63, 3.8) is 0 Å². The third-order valence-electron chi connectivity index (χ3n) is 4.25. The average Bonchev–Trinajstić information content (AvgIpc) is 3.11. The molecule has 1 heterocycles. The van der Waals surface area contributed by atoms with Crippen LogP contribution in [0.2, 0.25) is 0 Å².